The van der Waals surface area contributed by atoms with Gasteiger partial charge in [0, 0.05) is 16.8 Å². The van der Waals surface area contributed by atoms with Crippen molar-refractivity contribution in [1.29, 1.82) is 0 Å². The highest BCUT2D eigenvalue weighted by Crippen LogP contribution is 2.18. The van der Waals surface area contributed by atoms with Crippen molar-refractivity contribution in [2.24, 2.45) is 0 Å². The summed E-state index contributed by atoms with van der Waals surface area (Å²) < 4.78 is 0. The van der Waals surface area contributed by atoms with E-state index in [-0.39, 0.29) is 25.0 Å². The smallest absolute Gasteiger partial charge is 0.323 e. The highest BCUT2D eigenvalue weighted by Gasteiger charge is 2.18. The van der Waals surface area contributed by atoms with Gasteiger partial charge in [-0.3, -0.25) is 9.59 Å². The van der Waals surface area contributed by atoms with Crippen molar-refractivity contribution in [1.82, 2.24) is 5.32 Å². The van der Waals surface area contributed by atoms with Crippen LogP contribution in [0.1, 0.15) is 13.8 Å². The molecular formula is C13H17ClN2O3. The maximum Gasteiger partial charge on any atom is 0.323 e. The van der Waals surface area contributed by atoms with Gasteiger partial charge in [-0.1, -0.05) is 25.4 Å². The fourth-order valence-electron chi connectivity index (χ4n) is 1.47. The summed E-state index contributed by atoms with van der Waals surface area (Å²) >= 11 is 5.77. The van der Waals surface area contributed by atoms with Crippen molar-refractivity contribution in [3.63, 3.8) is 0 Å². The Hall–Kier alpha value is -1.59. The van der Waals surface area contributed by atoms with E-state index in [1.165, 1.54) is 4.90 Å². The van der Waals surface area contributed by atoms with Crippen LogP contribution in [0.2, 0.25) is 5.02 Å². The maximum atomic E-state index is 12.0. The standard InChI is InChI=1S/C13H17ClN2O3/c1-9(2)15-7-12(17)16(8-13(18)19)11-5-3-10(14)4-6-11/h3-6,9,15H,7-8H2,1-2H3,(H,18,19). The molecule has 1 aromatic rings. The van der Waals surface area contributed by atoms with Gasteiger partial charge in [-0.25, -0.2) is 0 Å². The molecule has 1 amide bonds. The number of hydrogen-bond donors (Lipinski definition) is 2. The molecule has 19 heavy (non-hydrogen) atoms. The van der Waals surface area contributed by atoms with Gasteiger partial charge in [0.1, 0.15) is 6.54 Å². The molecule has 0 fully saturated rings. The van der Waals surface area contributed by atoms with Gasteiger partial charge in [-0.05, 0) is 24.3 Å². The normalized spacial score (nSPS) is 10.5. The van der Waals surface area contributed by atoms with Crippen LogP contribution in [-0.2, 0) is 9.59 Å². The first-order valence-electron chi connectivity index (χ1n) is 5.91. The van der Waals surface area contributed by atoms with E-state index in [0.717, 1.165) is 0 Å². The number of carboxylic acid groups (broad SMARTS) is 1. The molecule has 0 atom stereocenters. The Morgan fingerprint density at radius 3 is 2.37 bits per heavy atom. The van der Waals surface area contributed by atoms with E-state index in [0.29, 0.717) is 10.7 Å². The van der Waals surface area contributed by atoms with Gasteiger partial charge in [0.25, 0.3) is 0 Å². The Bertz CT molecular complexity index is 446. The topological polar surface area (TPSA) is 69.6 Å². The molecule has 0 spiro atoms. The molecule has 5 nitrogen and oxygen atoms in total. The Labute approximate surface area is 117 Å². The molecule has 0 saturated carbocycles. The number of halogens is 1. The highest BCUT2D eigenvalue weighted by molar-refractivity contribution is 6.30. The first-order chi connectivity index (χ1) is 8.90. The van der Waals surface area contributed by atoms with Crippen molar-refractivity contribution in [2.75, 3.05) is 18.0 Å². The van der Waals surface area contributed by atoms with E-state index in [1.807, 2.05) is 13.8 Å². The van der Waals surface area contributed by atoms with E-state index < -0.39 is 5.97 Å². The fourth-order valence-corrected chi connectivity index (χ4v) is 1.59. The van der Waals surface area contributed by atoms with Crippen LogP contribution in [0, 0.1) is 0 Å². The molecule has 2 N–H and O–H groups in total. The number of hydrogen-bond acceptors (Lipinski definition) is 3. The molecule has 1 rings (SSSR count). The lowest BCUT2D eigenvalue weighted by Crippen LogP contribution is -2.42. The number of amides is 1. The molecule has 1 aromatic carbocycles. The second kappa shape index (κ2) is 7.11. The molecule has 0 aliphatic carbocycles. The van der Waals surface area contributed by atoms with E-state index in [2.05, 4.69) is 5.32 Å². The third kappa shape index (κ3) is 5.28. The van der Waals surface area contributed by atoms with Crippen molar-refractivity contribution < 1.29 is 14.7 Å². The summed E-state index contributed by atoms with van der Waals surface area (Å²) in [6, 6.07) is 6.64. The molecule has 0 heterocycles. The number of aliphatic carboxylic acids is 1. The Kier molecular flexibility index (Phi) is 5.79. The Balaban J connectivity index is 2.84. The van der Waals surface area contributed by atoms with Gasteiger partial charge >= 0.3 is 5.97 Å². The minimum atomic E-state index is -1.06. The van der Waals surface area contributed by atoms with Crippen LogP contribution in [0.5, 0.6) is 0 Å². The molecule has 0 radical (unpaired) electrons. The van der Waals surface area contributed by atoms with Crippen molar-refractivity contribution in [3.05, 3.63) is 29.3 Å². The molecular weight excluding hydrogens is 268 g/mol. The van der Waals surface area contributed by atoms with Crippen molar-refractivity contribution >= 4 is 29.2 Å². The van der Waals surface area contributed by atoms with E-state index >= 15 is 0 Å². The van der Waals surface area contributed by atoms with E-state index in [4.69, 9.17) is 16.7 Å². The quantitative estimate of drug-likeness (QED) is 0.835. The Morgan fingerprint density at radius 2 is 1.89 bits per heavy atom. The Morgan fingerprint density at radius 1 is 1.32 bits per heavy atom. The van der Waals surface area contributed by atoms with Gasteiger partial charge in [0.15, 0.2) is 0 Å². The predicted octanol–water partition coefficient (Wildman–Crippen LogP) is 1.76. The zero-order valence-corrected chi connectivity index (χ0v) is 11.6. The van der Waals surface area contributed by atoms with Crippen LogP contribution < -0.4 is 10.2 Å². The lowest BCUT2D eigenvalue weighted by Gasteiger charge is -2.21. The first-order valence-corrected chi connectivity index (χ1v) is 6.29. The zero-order chi connectivity index (χ0) is 14.4. The minimum Gasteiger partial charge on any atom is -0.480 e. The van der Waals surface area contributed by atoms with Gasteiger partial charge in [-0.15, -0.1) is 0 Å². The molecule has 6 heteroatoms. The van der Waals surface area contributed by atoms with Crippen molar-refractivity contribution in [3.8, 4) is 0 Å². The summed E-state index contributed by atoms with van der Waals surface area (Å²) in [5, 5.41) is 12.4. The van der Waals surface area contributed by atoms with Crippen LogP contribution in [0.15, 0.2) is 24.3 Å². The molecule has 0 aromatic heterocycles. The van der Waals surface area contributed by atoms with Crippen LogP contribution in [0.4, 0.5) is 5.69 Å². The minimum absolute atomic E-state index is 0.0908. The van der Waals surface area contributed by atoms with Crippen LogP contribution in [0.3, 0.4) is 0 Å². The number of nitrogens with zero attached hydrogens (tertiary/aromatic N) is 1. The summed E-state index contributed by atoms with van der Waals surface area (Å²) in [4.78, 5) is 24.1. The third-order valence-electron chi connectivity index (χ3n) is 2.39. The van der Waals surface area contributed by atoms with Gasteiger partial charge in [0.2, 0.25) is 5.91 Å². The molecule has 0 bridgehead atoms. The van der Waals surface area contributed by atoms with Crippen LogP contribution in [-0.4, -0.2) is 36.1 Å². The number of benzene rings is 1. The largest absolute Gasteiger partial charge is 0.480 e. The van der Waals surface area contributed by atoms with Gasteiger partial charge in [-0.2, -0.15) is 0 Å². The van der Waals surface area contributed by atoms with Crippen LogP contribution >= 0.6 is 11.6 Å². The predicted molar refractivity (Wildman–Crippen MR) is 74.6 cm³/mol. The molecule has 104 valence electrons. The monoisotopic (exact) mass is 284 g/mol. The first kappa shape index (κ1) is 15.5. The second-order valence-electron chi connectivity index (χ2n) is 4.39. The average molecular weight is 285 g/mol. The number of rotatable bonds is 6. The zero-order valence-electron chi connectivity index (χ0n) is 10.9. The molecule has 0 unspecified atom stereocenters. The summed E-state index contributed by atoms with van der Waals surface area (Å²) in [6.07, 6.45) is 0. The number of anilines is 1. The summed E-state index contributed by atoms with van der Waals surface area (Å²) in [6.45, 7) is 3.54. The summed E-state index contributed by atoms with van der Waals surface area (Å²) in [7, 11) is 0. The van der Waals surface area contributed by atoms with E-state index in [9.17, 15) is 9.59 Å². The number of nitrogens with one attached hydrogen (secondary N) is 1. The fraction of sp³-hybridized carbons (Fsp3) is 0.385. The van der Waals surface area contributed by atoms with Crippen molar-refractivity contribution in [2.45, 2.75) is 19.9 Å². The second-order valence-corrected chi connectivity index (χ2v) is 4.82. The van der Waals surface area contributed by atoms with Gasteiger partial charge in [0.05, 0.1) is 6.54 Å². The average Bonchev–Trinajstić information content (AvgIpc) is 2.34. The third-order valence-corrected chi connectivity index (χ3v) is 2.65. The SMILES string of the molecule is CC(C)NCC(=O)N(CC(=O)O)c1ccc(Cl)cc1. The molecule has 0 aliphatic rings. The highest BCUT2D eigenvalue weighted by atomic mass is 35.5. The molecule has 0 saturated heterocycles. The van der Waals surface area contributed by atoms with E-state index in [1.54, 1.807) is 24.3 Å². The maximum absolute atomic E-state index is 12.0. The lowest BCUT2D eigenvalue weighted by atomic mass is 10.2. The number of carbonyl (C=O) groups is 2. The number of carbonyl (C=O) groups excluding carboxylic acids is 1. The lowest BCUT2D eigenvalue weighted by molar-refractivity contribution is -0.136. The number of carboxylic acids is 1. The summed E-state index contributed by atoms with van der Waals surface area (Å²) in [5.41, 5.74) is 0.516. The van der Waals surface area contributed by atoms with Gasteiger partial charge < -0.3 is 15.3 Å². The summed E-state index contributed by atoms with van der Waals surface area (Å²) in [5.74, 6) is -1.36. The molecule has 0 aliphatic heterocycles. The van der Waals surface area contributed by atoms with Crippen LogP contribution in [0.25, 0.3) is 0 Å².